The minimum Gasteiger partial charge on any atom is -0.309 e. The number of thioether (sulfide) groups is 2. The van der Waals surface area contributed by atoms with Gasteiger partial charge in [0.05, 0.1) is 0 Å². The van der Waals surface area contributed by atoms with Crippen molar-refractivity contribution in [3.05, 3.63) is 0 Å². The van der Waals surface area contributed by atoms with Crippen LogP contribution in [0, 0.1) is 0 Å². The Morgan fingerprint density at radius 1 is 1.50 bits per heavy atom. The molecule has 0 saturated carbocycles. The van der Waals surface area contributed by atoms with Gasteiger partial charge in [0, 0.05) is 12.3 Å². The highest BCUT2D eigenvalue weighted by Crippen LogP contribution is 2.12. The molecular formula is C6H13NOS2. The first kappa shape index (κ1) is 10.3. The molecule has 0 N–H and O–H groups in total. The van der Waals surface area contributed by atoms with Crippen molar-refractivity contribution in [1.82, 2.24) is 4.90 Å². The number of hydrogen-bond donors (Lipinski definition) is 0. The van der Waals surface area contributed by atoms with E-state index in [1.165, 1.54) is 23.5 Å². The average Bonchev–Trinajstić information content (AvgIpc) is 1.87. The molecule has 2 nitrogen and oxygen atoms in total. The Hall–Kier alpha value is 0.330. The first-order valence-electron chi connectivity index (χ1n) is 3.02. The van der Waals surface area contributed by atoms with Gasteiger partial charge in [-0.15, -0.1) is 0 Å². The topological polar surface area (TPSA) is 20.3 Å². The summed E-state index contributed by atoms with van der Waals surface area (Å²) in [6.45, 7) is 0.969. The van der Waals surface area contributed by atoms with Crippen LogP contribution in [-0.2, 0) is 0 Å². The van der Waals surface area contributed by atoms with Gasteiger partial charge in [-0.3, -0.25) is 4.79 Å². The Morgan fingerprint density at radius 3 is 2.50 bits per heavy atom. The zero-order chi connectivity index (χ0) is 7.98. The quantitative estimate of drug-likeness (QED) is 0.657. The van der Waals surface area contributed by atoms with Crippen molar-refractivity contribution in [1.29, 1.82) is 0 Å². The maximum Gasteiger partial charge on any atom is 0.245 e. The van der Waals surface area contributed by atoms with Crippen molar-refractivity contribution in [2.45, 2.75) is 0 Å². The summed E-state index contributed by atoms with van der Waals surface area (Å²) in [4.78, 5) is 12.8. The van der Waals surface area contributed by atoms with Crippen LogP contribution in [0.4, 0.5) is 4.79 Å². The van der Waals surface area contributed by atoms with E-state index in [4.69, 9.17) is 0 Å². The van der Waals surface area contributed by atoms with Gasteiger partial charge in [0.15, 0.2) is 0 Å². The van der Waals surface area contributed by atoms with E-state index in [1.54, 1.807) is 0 Å². The molecule has 0 aromatic carbocycles. The van der Waals surface area contributed by atoms with E-state index < -0.39 is 0 Å². The van der Waals surface area contributed by atoms with Crippen LogP contribution in [0.5, 0.6) is 0 Å². The predicted molar refractivity (Wildman–Crippen MR) is 49.9 cm³/mol. The second kappa shape index (κ2) is 6.07. The molecule has 0 amide bonds. The molecule has 0 fully saturated rings. The second-order valence-electron chi connectivity index (χ2n) is 2.11. The first-order chi connectivity index (χ1) is 4.66. The van der Waals surface area contributed by atoms with Crippen molar-refractivity contribution >= 4 is 28.0 Å². The van der Waals surface area contributed by atoms with Gasteiger partial charge >= 0.3 is 0 Å². The van der Waals surface area contributed by atoms with E-state index in [0.717, 1.165) is 12.3 Å². The van der Waals surface area contributed by atoms with Crippen LogP contribution in [0.3, 0.4) is 0 Å². The summed E-state index contributed by atoms with van der Waals surface area (Å²) in [7, 11) is 4.01. The summed E-state index contributed by atoms with van der Waals surface area (Å²) in [6, 6.07) is 0. The van der Waals surface area contributed by atoms with E-state index in [9.17, 15) is 4.79 Å². The lowest BCUT2D eigenvalue weighted by Gasteiger charge is -2.06. The Bertz CT molecular complexity index is 106. The minimum atomic E-state index is 0.210. The molecule has 0 rings (SSSR count). The van der Waals surface area contributed by atoms with Crippen LogP contribution in [0.15, 0.2) is 0 Å². The zero-order valence-corrected chi connectivity index (χ0v) is 8.22. The van der Waals surface area contributed by atoms with Crippen molar-refractivity contribution in [2.24, 2.45) is 0 Å². The number of nitrogens with zero attached hydrogens (tertiary/aromatic N) is 1. The van der Waals surface area contributed by atoms with Crippen LogP contribution < -0.4 is 0 Å². The second-order valence-corrected chi connectivity index (χ2v) is 4.21. The molecule has 0 aliphatic rings. The van der Waals surface area contributed by atoms with E-state index in [1.807, 2.05) is 20.4 Å². The van der Waals surface area contributed by atoms with Crippen molar-refractivity contribution < 1.29 is 4.79 Å². The molecule has 60 valence electrons. The summed E-state index contributed by atoms with van der Waals surface area (Å²) >= 11 is 2.67. The number of carbonyl (C=O) groups excluding carboxylic acids is 1. The maximum atomic E-state index is 10.7. The van der Waals surface area contributed by atoms with Gasteiger partial charge in [0.2, 0.25) is 4.45 Å². The predicted octanol–water partition coefficient (Wildman–Crippen LogP) is 1.76. The molecule has 0 unspecified atom stereocenters. The average molecular weight is 179 g/mol. The lowest BCUT2D eigenvalue weighted by molar-refractivity contribution is 0.276. The lowest BCUT2D eigenvalue weighted by Crippen LogP contribution is -2.15. The molecule has 0 heterocycles. The van der Waals surface area contributed by atoms with Crippen molar-refractivity contribution in [3.63, 3.8) is 0 Å². The molecule has 0 aliphatic heterocycles. The van der Waals surface area contributed by atoms with Crippen molar-refractivity contribution in [3.8, 4) is 0 Å². The van der Waals surface area contributed by atoms with E-state index in [2.05, 4.69) is 4.90 Å². The molecule has 0 spiro atoms. The molecule has 0 bridgehead atoms. The first-order valence-corrected chi connectivity index (χ1v) is 5.23. The molecule has 4 heteroatoms. The number of carbonyl (C=O) groups is 1. The van der Waals surface area contributed by atoms with Crippen LogP contribution in [0.25, 0.3) is 0 Å². The van der Waals surface area contributed by atoms with Crippen LogP contribution in [0.2, 0.25) is 0 Å². The van der Waals surface area contributed by atoms with Gasteiger partial charge in [0.1, 0.15) is 0 Å². The molecule has 0 saturated heterocycles. The summed E-state index contributed by atoms with van der Waals surface area (Å²) < 4.78 is 0.210. The monoisotopic (exact) mass is 179 g/mol. The van der Waals surface area contributed by atoms with Gasteiger partial charge in [-0.2, -0.15) is 0 Å². The smallest absolute Gasteiger partial charge is 0.245 e. The minimum absolute atomic E-state index is 0.210. The molecule has 10 heavy (non-hydrogen) atoms. The van der Waals surface area contributed by atoms with Crippen LogP contribution >= 0.6 is 23.5 Å². The van der Waals surface area contributed by atoms with Gasteiger partial charge in [-0.1, -0.05) is 23.5 Å². The fourth-order valence-corrected chi connectivity index (χ4v) is 1.71. The van der Waals surface area contributed by atoms with Gasteiger partial charge < -0.3 is 4.90 Å². The molecular weight excluding hydrogens is 166 g/mol. The maximum absolute atomic E-state index is 10.7. The van der Waals surface area contributed by atoms with Crippen molar-refractivity contribution in [2.75, 3.05) is 32.6 Å². The Balaban J connectivity index is 3.12. The molecule has 0 aliphatic carbocycles. The van der Waals surface area contributed by atoms with E-state index >= 15 is 0 Å². The Labute approximate surface area is 70.7 Å². The molecule has 0 radical (unpaired) electrons. The van der Waals surface area contributed by atoms with Gasteiger partial charge in [0.25, 0.3) is 0 Å². The fourth-order valence-electron chi connectivity index (χ4n) is 0.370. The molecule has 0 atom stereocenters. The summed E-state index contributed by atoms with van der Waals surface area (Å²) in [6.07, 6.45) is 1.81. The summed E-state index contributed by atoms with van der Waals surface area (Å²) in [5.41, 5.74) is 0. The SMILES string of the molecule is CSC(=O)SCCN(C)C. The molecule has 0 aromatic heterocycles. The molecule has 0 aromatic rings. The highest BCUT2D eigenvalue weighted by atomic mass is 32.2. The lowest BCUT2D eigenvalue weighted by atomic mass is 10.7. The third-order valence-corrected chi connectivity index (χ3v) is 2.73. The highest BCUT2D eigenvalue weighted by Gasteiger charge is 1.98. The number of hydrogen-bond acceptors (Lipinski definition) is 4. The summed E-state index contributed by atoms with van der Waals surface area (Å²) in [5.74, 6) is 0.896. The third kappa shape index (κ3) is 6.45. The standard InChI is InChI=1S/C6H13NOS2/c1-7(2)4-5-10-6(8)9-3/h4-5H2,1-3H3. The van der Waals surface area contributed by atoms with Crippen LogP contribution in [0.1, 0.15) is 0 Å². The number of rotatable bonds is 3. The van der Waals surface area contributed by atoms with E-state index in [-0.39, 0.29) is 4.45 Å². The fraction of sp³-hybridized carbons (Fsp3) is 0.833. The van der Waals surface area contributed by atoms with Gasteiger partial charge in [-0.25, -0.2) is 0 Å². The Morgan fingerprint density at radius 2 is 2.10 bits per heavy atom. The van der Waals surface area contributed by atoms with Gasteiger partial charge in [-0.05, 0) is 20.4 Å². The largest absolute Gasteiger partial charge is 0.309 e. The normalized spacial score (nSPS) is 10.4. The highest BCUT2D eigenvalue weighted by molar-refractivity contribution is 8.38. The summed E-state index contributed by atoms with van der Waals surface area (Å²) in [5, 5.41) is 0. The third-order valence-electron chi connectivity index (χ3n) is 0.925. The van der Waals surface area contributed by atoms with Crippen LogP contribution in [-0.4, -0.2) is 42.0 Å². The zero-order valence-electron chi connectivity index (χ0n) is 6.59. The Kier molecular flexibility index (Phi) is 6.27. The van der Waals surface area contributed by atoms with E-state index in [0.29, 0.717) is 0 Å².